The molecule has 0 aromatic heterocycles. The highest BCUT2D eigenvalue weighted by Crippen LogP contribution is 2.42. The Morgan fingerprint density at radius 2 is 1.88 bits per heavy atom. The molecule has 2 saturated heterocycles. The third-order valence-electron chi connectivity index (χ3n) is 7.00. The molecule has 2 aromatic rings. The lowest BCUT2D eigenvalue weighted by Crippen LogP contribution is -2.67. The first-order valence-corrected chi connectivity index (χ1v) is 11.9. The van der Waals surface area contributed by atoms with Crippen molar-refractivity contribution >= 4 is 5.91 Å². The van der Waals surface area contributed by atoms with Crippen molar-refractivity contribution in [2.24, 2.45) is 0 Å². The van der Waals surface area contributed by atoms with Crippen LogP contribution >= 0.6 is 0 Å². The van der Waals surface area contributed by atoms with Crippen LogP contribution in [0.5, 0.6) is 11.5 Å². The SMILES string of the molecule is C[C@@H](O)C#Cc1ccc([C@@H]2[C@H](CO)N3CCCCN(C(=O)c4ccc5c(c4)OCO5)C[C@@H]23)cc1. The molecule has 2 aromatic carbocycles. The molecular formula is C27H30N2O5. The standard InChI is InChI=1S/C27H30N2O5/c1-18(31)4-5-19-6-8-20(9-7-19)26-22-15-28(12-2-3-13-29(22)23(26)16-30)27(32)21-10-11-24-25(14-21)34-17-33-24/h6-11,14,18,22-23,26,30-31H,2-3,12-13,15-17H2,1H3/t18-,22+,23+,26+/m1/s1. The van der Waals surface area contributed by atoms with Gasteiger partial charge < -0.3 is 24.6 Å². The molecule has 2 fully saturated rings. The van der Waals surface area contributed by atoms with E-state index in [1.54, 1.807) is 25.1 Å². The third kappa shape index (κ3) is 4.37. The largest absolute Gasteiger partial charge is 0.454 e. The summed E-state index contributed by atoms with van der Waals surface area (Å²) < 4.78 is 10.8. The minimum Gasteiger partial charge on any atom is -0.454 e. The maximum Gasteiger partial charge on any atom is 0.254 e. The van der Waals surface area contributed by atoms with Crippen LogP contribution in [-0.2, 0) is 0 Å². The van der Waals surface area contributed by atoms with Crippen LogP contribution in [0.2, 0.25) is 0 Å². The molecule has 0 spiro atoms. The predicted molar refractivity (Wildman–Crippen MR) is 127 cm³/mol. The molecule has 2 N–H and O–H groups in total. The van der Waals surface area contributed by atoms with Gasteiger partial charge in [-0.15, -0.1) is 0 Å². The molecule has 7 heteroatoms. The highest BCUT2D eigenvalue weighted by molar-refractivity contribution is 5.95. The van der Waals surface area contributed by atoms with Crippen LogP contribution in [-0.4, -0.2) is 77.1 Å². The van der Waals surface area contributed by atoms with E-state index in [0.717, 1.165) is 30.5 Å². The first-order valence-electron chi connectivity index (χ1n) is 11.9. The Labute approximate surface area is 199 Å². The fourth-order valence-corrected chi connectivity index (χ4v) is 5.31. The van der Waals surface area contributed by atoms with Crippen molar-refractivity contribution in [3.05, 3.63) is 59.2 Å². The number of carbonyl (C=O) groups is 1. The van der Waals surface area contributed by atoms with Crippen LogP contribution in [0, 0.1) is 11.8 Å². The fraction of sp³-hybridized carbons (Fsp3) is 0.444. The summed E-state index contributed by atoms with van der Waals surface area (Å²) in [5.74, 6) is 7.15. The highest BCUT2D eigenvalue weighted by atomic mass is 16.7. The van der Waals surface area contributed by atoms with Gasteiger partial charge in [0.2, 0.25) is 6.79 Å². The number of rotatable bonds is 3. The van der Waals surface area contributed by atoms with Crippen LogP contribution in [0.3, 0.4) is 0 Å². The molecule has 3 aliphatic heterocycles. The molecule has 0 radical (unpaired) electrons. The molecule has 7 nitrogen and oxygen atoms in total. The molecule has 0 bridgehead atoms. The van der Waals surface area contributed by atoms with Crippen molar-refractivity contribution in [1.82, 2.24) is 9.80 Å². The maximum atomic E-state index is 13.4. The van der Waals surface area contributed by atoms with Crippen LogP contribution in [0.1, 0.15) is 47.2 Å². The molecule has 34 heavy (non-hydrogen) atoms. The second kappa shape index (κ2) is 9.67. The highest BCUT2D eigenvalue weighted by Gasteiger charge is 2.49. The van der Waals surface area contributed by atoms with E-state index < -0.39 is 6.10 Å². The van der Waals surface area contributed by atoms with E-state index in [9.17, 15) is 15.0 Å². The topological polar surface area (TPSA) is 82.5 Å². The first-order chi connectivity index (χ1) is 16.5. The summed E-state index contributed by atoms with van der Waals surface area (Å²) in [6.45, 7) is 4.15. The maximum absolute atomic E-state index is 13.4. The van der Waals surface area contributed by atoms with Crippen molar-refractivity contribution < 1.29 is 24.5 Å². The number of aliphatic hydroxyl groups excluding tert-OH is 2. The molecule has 3 aliphatic rings. The van der Waals surface area contributed by atoms with Crippen LogP contribution in [0.15, 0.2) is 42.5 Å². The Morgan fingerprint density at radius 3 is 2.65 bits per heavy atom. The minimum absolute atomic E-state index is 0.00454. The lowest BCUT2D eigenvalue weighted by atomic mass is 9.74. The Balaban J connectivity index is 1.37. The van der Waals surface area contributed by atoms with Gasteiger partial charge in [-0.3, -0.25) is 9.69 Å². The zero-order chi connectivity index (χ0) is 23.7. The van der Waals surface area contributed by atoms with Crippen LogP contribution < -0.4 is 9.47 Å². The van der Waals surface area contributed by atoms with Crippen molar-refractivity contribution in [3.63, 3.8) is 0 Å². The molecule has 5 rings (SSSR count). The summed E-state index contributed by atoms with van der Waals surface area (Å²) in [5, 5.41) is 19.6. The molecule has 178 valence electrons. The normalized spacial score (nSPS) is 24.7. The Morgan fingerprint density at radius 1 is 1.12 bits per heavy atom. The average molecular weight is 463 g/mol. The monoisotopic (exact) mass is 462 g/mol. The van der Waals surface area contributed by atoms with Gasteiger partial charge in [0.25, 0.3) is 5.91 Å². The number of hydrogen-bond acceptors (Lipinski definition) is 6. The van der Waals surface area contributed by atoms with E-state index in [-0.39, 0.29) is 37.3 Å². The summed E-state index contributed by atoms with van der Waals surface area (Å²) >= 11 is 0. The predicted octanol–water partition coefficient (Wildman–Crippen LogP) is 2.21. The van der Waals surface area contributed by atoms with Crippen molar-refractivity contribution in [2.75, 3.05) is 33.0 Å². The Bertz CT molecular complexity index is 1100. The number of aliphatic hydroxyl groups is 2. The molecule has 0 unspecified atom stereocenters. The minimum atomic E-state index is -0.665. The number of nitrogens with zero attached hydrogens (tertiary/aromatic N) is 2. The lowest BCUT2D eigenvalue weighted by Gasteiger charge is -2.57. The molecule has 3 heterocycles. The number of amides is 1. The number of ether oxygens (including phenoxy) is 2. The zero-order valence-electron chi connectivity index (χ0n) is 19.3. The van der Waals surface area contributed by atoms with E-state index in [4.69, 9.17) is 9.47 Å². The van der Waals surface area contributed by atoms with Crippen LogP contribution in [0.4, 0.5) is 0 Å². The Hall–Kier alpha value is -3.05. The van der Waals surface area contributed by atoms with Crippen LogP contribution in [0.25, 0.3) is 0 Å². The summed E-state index contributed by atoms with van der Waals surface area (Å²) in [4.78, 5) is 17.7. The number of fused-ring (bicyclic) bond motifs is 2. The smallest absolute Gasteiger partial charge is 0.254 e. The van der Waals surface area contributed by atoms with E-state index in [2.05, 4.69) is 28.9 Å². The lowest BCUT2D eigenvalue weighted by molar-refractivity contribution is -0.0606. The first kappa shape index (κ1) is 22.7. The second-order valence-electron chi connectivity index (χ2n) is 9.17. The molecule has 0 saturated carbocycles. The van der Waals surface area contributed by atoms with Gasteiger partial charge in [0.1, 0.15) is 6.10 Å². The third-order valence-corrected chi connectivity index (χ3v) is 7.00. The molecule has 1 amide bonds. The summed E-state index contributed by atoms with van der Waals surface area (Å²) in [6, 6.07) is 13.6. The van der Waals surface area contributed by atoms with E-state index in [0.29, 0.717) is 30.2 Å². The van der Waals surface area contributed by atoms with E-state index >= 15 is 0 Å². The fourth-order valence-electron chi connectivity index (χ4n) is 5.31. The second-order valence-corrected chi connectivity index (χ2v) is 9.17. The average Bonchev–Trinajstić information content (AvgIpc) is 3.30. The summed E-state index contributed by atoms with van der Waals surface area (Å²) in [6.07, 6.45) is 1.25. The number of carbonyl (C=O) groups excluding carboxylic acids is 1. The number of benzene rings is 2. The van der Waals surface area contributed by atoms with Crippen molar-refractivity contribution in [1.29, 1.82) is 0 Å². The van der Waals surface area contributed by atoms with Gasteiger partial charge >= 0.3 is 0 Å². The van der Waals surface area contributed by atoms with Gasteiger partial charge in [-0.2, -0.15) is 0 Å². The summed E-state index contributed by atoms with van der Waals surface area (Å²) in [7, 11) is 0. The van der Waals surface area contributed by atoms with Gasteiger partial charge in [0, 0.05) is 42.2 Å². The van der Waals surface area contributed by atoms with Gasteiger partial charge in [-0.05, 0) is 62.2 Å². The van der Waals surface area contributed by atoms with Crippen molar-refractivity contribution in [2.45, 2.75) is 43.9 Å². The van der Waals surface area contributed by atoms with E-state index in [1.165, 1.54) is 0 Å². The number of hydrogen-bond donors (Lipinski definition) is 2. The molecular weight excluding hydrogens is 432 g/mol. The zero-order valence-corrected chi connectivity index (χ0v) is 19.3. The molecule has 0 aliphatic carbocycles. The van der Waals surface area contributed by atoms with Gasteiger partial charge in [-0.25, -0.2) is 0 Å². The van der Waals surface area contributed by atoms with Crippen molar-refractivity contribution in [3.8, 4) is 23.3 Å². The Kier molecular flexibility index (Phi) is 6.46. The van der Waals surface area contributed by atoms with Gasteiger partial charge in [0.05, 0.1) is 6.61 Å². The van der Waals surface area contributed by atoms with Gasteiger partial charge in [0.15, 0.2) is 11.5 Å². The van der Waals surface area contributed by atoms with E-state index in [1.807, 2.05) is 17.0 Å². The summed E-state index contributed by atoms with van der Waals surface area (Å²) in [5.41, 5.74) is 2.59. The quantitative estimate of drug-likeness (QED) is 0.681. The van der Waals surface area contributed by atoms with Gasteiger partial charge in [-0.1, -0.05) is 24.0 Å². The molecule has 4 atom stereocenters.